The smallest absolute Gasteiger partial charge is 0.304 e. The van der Waals surface area contributed by atoms with Crippen molar-refractivity contribution in [1.29, 1.82) is 0 Å². The molecule has 20 heavy (non-hydrogen) atoms. The maximum atomic E-state index is 12.2. The first kappa shape index (κ1) is 17.2. The summed E-state index contributed by atoms with van der Waals surface area (Å²) in [5.41, 5.74) is 0. The van der Waals surface area contributed by atoms with Crippen molar-refractivity contribution in [3.63, 3.8) is 0 Å². The molecule has 8 heteroatoms. The van der Waals surface area contributed by atoms with Crippen LogP contribution in [0.25, 0.3) is 0 Å². The van der Waals surface area contributed by atoms with Gasteiger partial charge in [-0.3, -0.25) is 4.79 Å². The van der Waals surface area contributed by atoms with Crippen molar-refractivity contribution in [2.24, 2.45) is 0 Å². The van der Waals surface area contributed by atoms with E-state index in [1.807, 2.05) is 6.92 Å². The molecule has 0 aliphatic heterocycles. The van der Waals surface area contributed by atoms with Gasteiger partial charge >= 0.3 is 5.97 Å². The van der Waals surface area contributed by atoms with Crippen molar-refractivity contribution in [3.8, 4) is 0 Å². The van der Waals surface area contributed by atoms with Gasteiger partial charge < -0.3 is 5.11 Å². The number of hydrogen-bond acceptors (Lipinski definition) is 3. The molecule has 1 aromatic rings. The second-order valence-corrected chi connectivity index (χ2v) is 6.72. The third-order valence-corrected chi connectivity index (χ3v) is 5.08. The molecule has 0 saturated heterocycles. The SMILES string of the molecule is CCCC(CC(=O)O)NS(=O)(=O)c1cccc(Cl)c1Cl. The lowest BCUT2D eigenvalue weighted by atomic mass is 10.1. The summed E-state index contributed by atoms with van der Waals surface area (Å²) in [4.78, 5) is 10.6. The average molecular weight is 340 g/mol. The lowest BCUT2D eigenvalue weighted by molar-refractivity contribution is -0.137. The van der Waals surface area contributed by atoms with Gasteiger partial charge in [0.15, 0.2) is 0 Å². The van der Waals surface area contributed by atoms with Crippen molar-refractivity contribution >= 4 is 39.2 Å². The van der Waals surface area contributed by atoms with Crippen LogP contribution >= 0.6 is 23.2 Å². The van der Waals surface area contributed by atoms with Crippen molar-refractivity contribution in [3.05, 3.63) is 28.2 Å². The van der Waals surface area contributed by atoms with E-state index in [0.29, 0.717) is 12.8 Å². The molecule has 0 fully saturated rings. The minimum Gasteiger partial charge on any atom is -0.481 e. The summed E-state index contributed by atoms with van der Waals surface area (Å²) in [6.07, 6.45) is 0.790. The molecule has 2 N–H and O–H groups in total. The van der Waals surface area contributed by atoms with Gasteiger partial charge in [-0.25, -0.2) is 13.1 Å². The molecule has 0 radical (unpaired) electrons. The van der Waals surface area contributed by atoms with E-state index in [1.165, 1.54) is 18.2 Å². The minimum absolute atomic E-state index is 0.0766. The summed E-state index contributed by atoms with van der Waals surface area (Å²) in [5.74, 6) is -1.07. The molecule has 1 rings (SSSR count). The molecule has 0 aliphatic rings. The van der Waals surface area contributed by atoms with Gasteiger partial charge in [-0.15, -0.1) is 0 Å². The van der Waals surface area contributed by atoms with Gasteiger partial charge in [0.25, 0.3) is 0 Å². The molecule has 0 aliphatic carbocycles. The topological polar surface area (TPSA) is 83.5 Å². The highest BCUT2D eigenvalue weighted by Gasteiger charge is 2.24. The number of rotatable bonds is 7. The van der Waals surface area contributed by atoms with Crippen molar-refractivity contribution in [1.82, 2.24) is 4.72 Å². The van der Waals surface area contributed by atoms with Gasteiger partial charge in [-0.2, -0.15) is 0 Å². The summed E-state index contributed by atoms with van der Waals surface area (Å²) >= 11 is 11.7. The first-order valence-corrected chi connectivity index (χ1v) is 8.20. The summed E-state index contributed by atoms with van der Waals surface area (Å²) in [6.45, 7) is 1.84. The Bertz CT molecular complexity index is 589. The fraction of sp³-hybridized carbons (Fsp3) is 0.417. The zero-order valence-corrected chi connectivity index (χ0v) is 13.1. The summed E-state index contributed by atoms with van der Waals surface area (Å²) < 4.78 is 26.8. The zero-order valence-electron chi connectivity index (χ0n) is 10.8. The molecule has 0 amide bonds. The Kier molecular flexibility index (Phi) is 6.26. The normalized spacial score (nSPS) is 13.2. The molecule has 0 aromatic heterocycles. The fourth-order valence-electron chi connectivity index (χ4n) is 1.74. The number of halogens is 2. The molecular formula is C12H15Cl2NO4S. The maximum absolute atomic E-state index is 12.2. The first-order chi connectivity index (χ1) is 9.27. The van der Waals surface area contributed by atoms with Gasteiger partial charge in [0, 0.05) is 6.04 Å². The average Bonchev–Trinajstić information content (AvgIpc) is 2.31. The summed E-state index contributed by atoms with van der Waals surface area (Å²) in [6, 6.07) is 3.58. The lowest BCUT2D eigenvalue weighted by Gasteiger charge is -2.17. The molecule has 0 saturated carbocycles. The number of carbonyl (C=O) groups is 1. The molecule has 1 aromatic carbocycles. The molecule has 0 heterocycles. The van der Waals surface area contributed by atoms with Crippen LogP contribution < -0.4 is 4.72 Å². The zero-order chi connectivity index (χ0) is 15.3. The van der Waals surface area contributed by atoms with E-state index in [-0.39, 0.29) is 21.4 Å². The van der Waals surface area contributed by atoms with Crippen molar-refractivity contribution < 1.29 is 18.3 Å². The summed E-state index contributed by atoms with van der Waals surface area (Å²) in [5, 5.41) is 8.84. The molecule has 112 valence electrons. The number of carboxylic acids is 1. The Morgan fingerprint density at radius 2 is 2.05 bits per heavy atom. The van der Waals surface area contributed by atoms with Crippen LogP contribution in [-0.4, -0.2) is 25.5 Å². The Balaban J connectivity index is 3.03. The predicted octanol–water partition coefficient (Wildman–Crippen LogP) is 2.92. The molecule has 0 bridgehead atoms. The van der Waals surface area contributed by atoms with Crippen LogP contribution in [0.3, 0.4) is 0 Å². The van der Waals surface area contributed by atoms with Crippen molar-refractivity contribution in [2.45, 2.75) is 37.1 Å². The fourth-order valence-corrected chi connectivity index (χ4v) is 3.77. The van der Waals surface area contributed by atoms with E-state index in [0.717, 1.165) is 0 Å². The number of benzene rings is 1. The van der Waals surface area contributed by atoms with Crippen LogP contribution in [0.2, 0.25) is 10.0 Å². The number of sulfonamides is 1. The molecule has 5 nitrogen and oxygen atoms in total. The number of nitrogens with one attached hydrogen (secondary N) is 1. The standard InChI is InChI=1S/C12H15Cl2NO4S/c1-2-4-8(7-11(16)17)15-20(18,19)10-6-3-5-9(13)12(10)14/h3,5-6,8,15H,2,4,7H2,1H3,(H,16,17). The lowest BCUT2D eigenvalue weighted by Crippen LogP contribution is -2.36. The minimum atomic E-state index is -3.91. The number of carboxylic acid groups (broad SMARTS) is 1. The van der Waals surface area contributed by atoms with Crippen LogP contribution in [0, 0.1) is 0 Å². The van der Waals surface area contributed by atoms with Gasteiger partial charge in [-0.05, 0) is 18.6 Å². The second-order valence-electron chi connectivity index (χ2n) is 4.26. The highest BCUT2D eigenvalue weighted by atomic mass is 35.5. The molecule has 0 spiro atoms. The third kappa shape index (κ3) is 4.63. The van der Waals surface area contributed by atoms with Crippen molar-refractivity contribution in [2.75, 3.05) is 0 Å². The maximum Gasteiger partial charge on any atom is 0.304 e. The Labute approximate surface area is 127 Å². The predicted molar refractivity (Wildman–Crippen MR) is 77.7 cm³/mol. The van der Waals surface area contributed by atoms with E-state index in [2.05, 4.69) is 4.72 Å². The number of aliphatic carboxylic acids is 1. The highest BCUT2D eigenvalue weighted by Crippen LogP contribution is 2.29. The van der Waals surface area contributed by atoms with E-state index >= 15 is 0 Å². The van der Waals surface area contributed by atoms with Gasteiger partial charge in [0.05, 0.1) is 16.5 Å². The van der Waals surface area contributed by atoms with E-state index in [4.69, 9.17) is 28.3 Å². The van der Waals surface area contributed by atoms with E-state index in [9.17, 15) is 13.2 Å². The van der Waals surface area contributed by atoms with Gasteiger partial charge in [-0.1, -0.05) is 42.6 Å². The number of hydrogen-bond donors (Lipinski definition) is 2. The van der Waals surface area contributed by atoms with Crippen LogP contribution in [0.5, 0.6) is 0 Å². The van der Waals surface area contributed by atoms with Crippen LogP contribution in [0.4, 0.5) is 0 Å². The second kappa shape index (κ2) is 7.26. The van der Waals surface area contributed by atoms with E-state index < -0.39 is 22.0 Å². The Morgan fingerprint density at radius 3 is 2.60 bits per heavy atom. The van der Waals surface area contributed by atoms with Crippen LogP contribution in [0.15, 0.2) is 23.1 Å². The monoisotopic (exact) mass is 339 g/mol. The highest BCUT2D eigenvalue weighted by molar-refractivity contribution is 7.89. The van der Waals surface area contributed by atoms with Crippen LogP contribution in [-0.2, 0) is 14.8 Å². The van der Waals surface area contributed by atoms with E-state index in [1.54, 1.807) is 0 Å². The Morgan fingerprint density at radius 1 is 1.40 bits per heavy atom. The quantitative estimate of drug-likeness (QED) is 0.799. The largest absolute Gasteiger partial charge is 0.481 e. The third-order valence-electron chi connectivity index (χ3n) is 2.59. The molecular weight excluding hydrogens is 325 g/mol. The molecule has 1 atom stereocenters. The summed E-state index contributed by atoms with van der Waals surface area (Å²) in [7, 11) is -3.91. The van der Waals surface area contributed by atoms with Crippen LogP contribution in [0.1, 0.15) is 26.2 Å². The Hall–Kier alpha value is -0.820. The first-order valence-electron chi connectivity index (χ1n) is 5.96. The van der Waals surface area contributed by atoms with Gasteiger partial charge in [0.2, 0.25) is 10.0 Å². The molecule has 1 unspecified atom stereocenters. The van der Waals surface area contributed by atoms with Gasteiger partial charge in [0.1, 0.15) is 4.90 Å².